The number of hydrogen-bond donors (Lipinski definition) is 0. The molecule has 1 aromatic carbocycles. The van der Waals surface area contributed by atoms with Crippen LogP contribution in [-0.4, -0.2) is 49.6 Å². The van der Waals surface area contributed by atoms with Gasteiger partial charge in [-0.25, -0.2) is 0 Å². The van der Waals surface area contributed by atoms with Crippen LogP contribution in [-0.2, 0) is 24.5 Å². The van der Waals surface area contributed by atoms with Crippen LogP contribution in [0.2, 0.25) is 0 Å². The molecule has 0 aromatic heterocycles. The van der Waals surface area contributed by atoms with Gasteiger partial charge in [0, 0.05) is 19.7 Å². The van der Waals surface area contributed by atoms with Gasteiger partial charge in [0.05, 0.1) is 41.4 Å². The minimum absolute atomic E-state index is 0.0201. The molecule has 0 saturated heterocycles. The van der Waals surface area contributed by atoms with Crippen LogP contribution in [0.15, 0.2) is 12.1 Å². The summed E-state index contributed by atoms with van der Waals surface area (Å²) in [7, 11) is 3.50. The van der Waals surface area contributed by atoms with Crippen LogP contribution < -0.4 is 4.90 Å². The Kier molecular flexibility index (Phi) is 4.11. The van der Waals surface area contributed by atoms with Crippen LogP contribution >= 0.6 is 0 Å². The Morgan fingerprint density at radius 2 is 1.67 bits per heavy atom. The quantitative estimate of drug-likeness (QED) is 0.332. The normalized spacial score (nSPS) is 14.7. The van der Waals surface area contributed by atoms with E-state index in [4.69, 9.17) is 0 Å². The van der Waals surface area contributed by atoms with Crippen molar-refractivity contribution in [1.29, 1.82) is 0 Å². The number of fused-ring (bicyclic) bond motifs is 1. The van der Waals surface area contributed by atoms with Gasteiger partial charge in [0.25, 0.3) is 11.4 Å². The largest absolute Gasteiger partial charge is 0.468 e. The molecule has 11 nitrogen and oxygen atoms in total. The molecule has 0 saturated carbocycles. The molecule has 2 rings (SSSR count). The third kappa shape index (κ3) is 2.21. The van der Waals surface area contributed by atoms with E-state index < -0.39 is 38.6 Å². The second-order valence-electron chi connectivity index (χ2n) is 5.12. The third-order valence-electron chi connectivity index (χ3n) is 3.87. The summed E-state index contributed by atoms with van der Waals surface area (Å²) >= 11 is 0. The zero-order chi connectivity index (χ0) is 18.2. The average Bonchev–Trinajstić information content (AvgIpc) is 2.86. The summed E-state index contributed by atoms with van der Waals surface area (Å²) in [6.45, 7) is -0.302. The number of esters is 2. The van der Waals surface area contributed by atoms with Crippen LogP contribution in [0.3, 0.4) is 0 Å². The first-order chi connectivity index (χ1) is 11.2. The van der Waals surface area contributed by atoms with Gasteiger partial charge in [-0.15, -0.1) is 0 Å². The van der Waals surface area contributed by atoms with Crippen LogP contribution in [0.4, 0.5) is 17.1 Å². The van der Waals surface area contributed by atoms with E-state index in [1.807, 2.05) is 0 Å². The van der Waals surface area contributed by atoms with Crippen molar-refractivity contribution >= 4 is 29.0 Å². The fraction of sp³-hybridized carbons (Fsp3) is 0.385. The van der Waals surface area contributed by atoms with Gasteiger partial charge >= 0.3 is 11.9 Å². The number of methoxy groups -OCH3 is 2. The standard InChI is InChI=1S/C13H13N3O8/c1-14-6-13(11(17)23-2,12(18)24-3)10-8(14)4-7(15(19)20)5-9(10)16(21)22/h4-5H,6H2,1-3H3. The van der Waals surface area contributed by atoms with Gasteiger partial charge in [-0.3, -0.25) is 29.8 Å². The van der Waals surface area contributed by atoms with E-state index in [-0.39, 0.29) is 17.8 Å². The molecule has 0 spiro atoms. The van der Waals surface area contributed by atoms with Crippen molar-refractivity contribution in [2.45, 2.75) is 5.41 Å². The number of nitro benzene ring substituents is 2. The van der Waals surface area contributed by atoms with E-state index in [9.17, 15) is 29.8 Å². The minimum Gasteiger partial charge on any atom is -0.468 e. The summed E-state index contributed by atoms with van der Waals surface area (Å²) in [5.41, 5.74) is -3.60. The van der Waals surface area contributed by atoms with Crippen LogP contribution in [0, 0.1) is 20.2 Å². The number of carbonyl (C=O) groups is 2. The molecule has 0 fully saturated rings. The number of non-ortho nitro benzene ring substituents is 1. The molecule has 0 unspecified atom stereocenters. The number of benzene rings is 1. The summed E-state index contributed by atoms with van der Waals surface area (Å²) in [5, 5.41) is 22.4. The van der Waals surface area contributed by atoms with Crippen molar-refractivity contribution in [2.24, 2.45) is 0 Å². The first kappa shape index (κ1) is 17.1. The van der Waals surface area contributed by atoms with Crippen molar-refractivity contribution in [1.82, 2.24) is 0 Å². The zero-order valence-electron chi connectivity index (χ0n) is 13.0. The van der Waals surface area contributed by atoms with Crippen LogP contribution in [0.5, 0.6) is 0 Å². The topological polar surface area (TPSA) is 142 Å². The van der Waals surface area contributed by atoms with E-state index in [0.29, 0.717) is 6.07 Å². The van der Waals surface area contributed by atoms with Crippen LogP contribution in [0.1, 0.15) is 5.56 Å². The predicted octanol–water partition coefficient (Wildman–Crippen LogP) is 0.537. The number of anilines is 1. The van der Waals surface area contributed by atoms with Gasteiger partial charge in [0.2, 0.25) is 5.41 Å². The summed E-state index contributed by atoms with van der Waals surface area (Å²) in [6.07, 6.45) is 0. The molecule has 0 amide bonds. The lowest BCUT2D eigenvalue weighted by molar-refractivity contribution is -0.394. The van der Waals surface area contributed by atoms with E-state index in [0.717, 1.165) is 20.3 Å². The van der Waals surface area contributed by atoms with E-state index >= 15 is 0 Å². The lowest BCUT2D eigenvalue weighted by atomic mass is 9.81. The number of ether oxygens (including phenoxy) is 2. The van der Waals surface area contributed by atoms with Crippen molar-refractivity contribution in [2.75, 3.05) is 32.7 Å². The minimum atomic E-state index is -2.09. The molecule has 1 heterocycles. The molecule has 1 aliphatic rings. The summed E-state index contributed by atoms with van der Waals surface area (Å²) in [5.74, 6) is -2.09. The Labute approximate surface area is 135 Å². The highest BCUT2D eigenvalue weighted by Gasteiger charge is 2.60. The van der Waals surface area contributed by atoms with Gasteiger partial charge in [-0.05, 0) is 0 Å². The number of likely N-dealkylation sites (N-methyl/N-ethyl adjacent to an activating group) is 1. The Bertz CT molecular complexity index is 744. The average molecular weight is 339 g/mol. The Balaban J connectivity index is 2.91. The Hall–Kier alpha value is -3.24. The molecule has 24 heavy (non-hydrogen) atoms. The van der Waals surface area contributed by atoms with Gasteiger partial charge in [-0.2, -0.15) is 0 Å². The zero-order valence-corrected chi connectivity index (χ0v) is 13.0. The molecule has 0 N–H and O–H groups in total. The lowest BCUT2D eigenvalue weighted by Gasteiger charge is -2.23. The molecule has 1 aromatic rings. The van der Waals surface area contributed by atoms with Gasteiger partial charge in [0.15, 0.2) is 0 Å². The highest BCUT2D eigenvalue weighted by molar-refractivity contribution is 6.11. The van der Waals surface area contributed by atoms with Gasteiger partial charge in [-0.1, -0.05) is 0 Å². The molecule has 0 atom stereocenters. The molecule has 0 radical (unpaired) electrons. The van der Waals surface area contributed by atoms with E-state index in [2.05, 4.69) is 9.47 Å². The summed E-state index contributed by atoms with van der Waals surface area (Å²) in [6, 6.07) is 1.77. The number of hydrogen-bond acceptors (Lipinski definition) is 9. The van der Waals surface area contributed by atoms with Crippen molar-refractivity contribution in [3.05, 3.63) is 37.9 Å². The fourth-order valence-corrected chi connectivity index (χ4v) is 2.87. The van der Waals surface area contributed by atoms with E-state index in [1.54, 1.807) is 0 Å². The van der Waals surface area contributed by atoms with Gasteiger partial charge in [0.1, 0.15) is 0 Å². The molecular formula is C13H13N3O8. The van der Waals surface area contributed by atoms with Gasteiger partial charge < -0.3 is 14.4 Å². The highest BCUT2D eigenvalue weighted by atomic mass is 16.6. The lowest BCUT2D eigenvalue weighted by Crippen LogP contribution is -2.48. The van der Waals surface area contributed by atoms with Crippen molar-refractivity contribution in [3.63, 3.8) is 0 Å². The Morgan fingerprint density at radius 1 is 1.12 bits per heavy atom. The molecule has 0 aliphatic carbocycles. The van der Waals surface area contributed by atoms with Crippen molar-refractivity contribution in [3.8, 4) is 0 Å². The number of rotatable bonds is 4. The molecule has 0 bridgehead atoms. The predicted molar refractivity (Wildman–Crippen MR) is 78.7 cm³/mol. The smallest absolute Gasteiger partial charge is 0.330 e. The maximum atomic E-state index is 12.3. The van der Waals surface area contributed by atoms with E-state index in [1.165, 1.54) is 11.9 Å². The van der Waals surface area contributed by atoms with Crippen molar-refractivity contribution < 1.29 is 28.9 Å². The SMILES string of the molecule is COC(=O)C1(C(=O)OC)CN(C)c2cc([N+](=O)[O-])cc([N+](=O)[O-])c21. The molecule has 11 heteroatoms. The van der Waals surface area contributed by atoms with Crippen LogP contribution in [0.25, 0.3) is 0 Å². The second kappa shape index (κ2) is 5.76. The number of nitro groups is 2. The maximum absolute atomic E-state index is 12.3. The maximum Gasteiger partial charge on any atom is 0.330 e. The fourth-order valence-electron chi connectivity index (χ4n) is 2.87. The number of carbonyl (C=O) groups excluding carboxylic acids is 2. The first-order valence-electron chi connectivity index (χ1n) is 6.56. The number of nitrogens with zero attached hydrogens (tertiary/aromatic N) is 3. The first-order valence-corrected chi connectivity index (χ1v) is 6.56. The monoisotopic (exact) mass is 339 g/mol. The molecular weight excluding hydrogens is 326 g/mol. The highest BCUT2D eigenvalue weighted by Crippen LogP contribution is 2.48. The summed E-state index contributed by atoms with van der Waals surface area (Å²) in [4.78, 5) is 46.7. The molecule has 1 aliphatic heterocycles. The molecule has 128 valence electrons. The third-order valence-corrected chi connectivity index (χ3v) is 3.87. The second-order valence-corrected chi connectivity index (χ2v) is 5.12. The Morgan fingerprint density at radius 3 is 2.08 bits per heavy atom. The summed E-state index contributed by atoms with van der Waals surface area (Å²) < 4.78 is 9.31.